The summed E-state index contributed by atoms with van der Waals surface area (Å²) in [4.78, 5) is 10.8. The quantitative estimate of drug-likeness (QED) is 0.341. The van der Waals surface area contributed by atoms with E-state index < -0.39 is 0 Å². The molecule has 0 aliphatic carbocycles. The summed E-state index contributed by atoms with van der Waals surface area (Å²) >= 11 is 0. The molecule has 0 atom stereocenters. The largest absolute Gasteiger partial charge is 0.469 e. The Labute approximate surface area is 105 Å². The van der Waals surface area contributed by atoms with Crippen LogP contribution in [0.3, 0.4) is 0 Å². The van der Waals surface area contributed by atoms with Crippen LogP contribution in [0.4, 0.5) is 0 Å². The van der Waals surface area contributed by atoms with Gasteiger partial charge in [0, 0.05) is 0 Å². The SMILES string of the molecule is CC/C=C\C/C=C\CCC/C=C/CC(=O)OC. The molecule has 2 nitrogen and oxygen atoms in total. The fraction of sp³-hybridized carbons (Fsp3) is 0.533. The first-order chi connectivity index (χ1) is 8.31. The maximum atomic E-state index is 10.8. The normalized spacial score (nSPS) is 11.9. The lowest BCUT2D eigenvalue weighted by atomic mass is 10.2. The molecule has 0 radical (unpaired) electrons. The Balaban J connectivity index is 3.34. The van der Waals surface area contributed by atoms with Gasteiger partial charge in [-0.05, 0) is 32.1 Å². The predicted molar refractivity (Wildman–Crippen MR) is 72.8 cm³/mol. The molecule has 0 N–H and O–H groups in total. The van der Waals surface area contributed by atoms with Gasteiger partial charge in [0.2, 0.25) is 0 Å². The monoisotopic (exact) mass is 236 g/mol. The Morgan fingerprint density at radius 1 is 1.00 bits per heavy atom. The van der Waals surface area contributed by atoms with E-state index in [0.717, 1.165) is 32.1 Å². The number of esters is 1. The van der Waals surface area contributed by atoms with Crippen LogP contribution in [0.25, 0.3) is 0 Å². The molecule has 0 aliphatic heterocycles. The molecule has 0 aromatic heterocycles. The lowest BCUT2D eigenvalue weighted by molar-refractivity contribution is -0.139. The van der Waals surface area contributed by atoms with Gasteiger partial charge in [-0.3, -0.25) is 4.79 Å². The molecule has 2 heteroatoms. The van der Waals surface area contributed by atoms with Crippen LogP contribution in [-0.4, -0.2) is 13.1 Å². The molecule has 0 heterocycles. The van der Waals surface area contributed by atoms with E-state index in [9.17, 15) is 4.79 Å². The molecule has 0 aliphatic rings. The van der Waals surface area contributed by atoms with Gasteiger partial charge >= 0.3 is 5.97 Å². The summed E-state index contributed by atoms with van der Waals surface area (Å²) in [6.45, 7) is 2.14. The molecule has 0 aromatic carbocycles. The van der Waals surface area contributed by atoms with Gasteiger partial charge in [-0.2, -0.15) is 0 Å². The third-order valence-electron chi connectivity index (χ3n) is 2.26. The minimum Gasteiger partial charge on any atom is -0.469 e. The fourth-order valence-corrected chi connectivity index (χ4v) is 1.29. The van der Waals surface area contributed by atoms with Crippen LogP contribution in [0.15, 0.2) is 36.5 Å². The average Bonchev–Trinajstić information content (AvgIpc) is 2.35. The zero-order valence-electron chi connectivity index (χ0n) is 11.0. The van der Waals surface area contributed by atoms with Crippen LogP contribution in [-0.2, 0) is 9.53 Å². The van der Waals surface area contributed by atoms with E-state index in [1.807, 2.05) is 12.2 Å². The Hall–Kier alpha value is -1.31. The summed E-state index contributed by atoms with van der Waals surface area (Å²) < 4.78 is 4.53. The second-order valence-corrected chi connectivity index (χ2v) is 3.77. The zero-order chi connectivity index (χ0) is 12.8. The smallest absolute Gasteiger partial charge is 0.309 e. The van der Waals surface area contributed by atoms with Gasteiger partial charge in [0.1, 0.15) is 0 Å². The Bertz CT molecular complexity index is 262. The lowest BCUT2D eigenvalue weighted by Gasteiger charge is -1.92. The topological polar surface area (TPSA) is 26.3 Å². The molecule has 0 fully saturated rings. The van der Waals surface area contributed by atoms with Crippen molar-refractivity contribution in [1.29, 1.82) is 0 Å². The second kappa shape index (κ2) is 12.8. The van der Waals surface area contributed by atoms with Gasteiger partial charge in [0.05, 0.1) is 13.5 Å². The summed E-state index contributed by atoms with van der Waals surface area (Å²) in [6, 6.07) is 0. The molecule has 0 saturated heterocycles. The molecule has 17 heavy (non-hydrogen) atoms. The Morgan fingerprint density at radius 3 is 2.29 bits per heavy atom. The summed E-state index contributed by atoms with van der Waals surface area (Å²) in [5.41, 5.74) is 0. The van der Waals surface area contributed by atoms with Crippen molar-refractivity contribution < 1.29 is 9.53 Å². The van der Waals surface area contributed by atoms with Crippen molar-refractivity contribution in [2.24, 2.45) is 0 Å². The highest BCUT2D eigenvalue weighted by atomic mass is 16.5. The van der Waals surface area contributed by atoms with Crippen LogP contribution in [0.5, 0.6) is 0 Å². The standard InChI is InChI=1S/C15H24O2/c1-3-4-5-6-7-8-9-10-11-12-13-14-15(16)17-2/h4-5,7-8,12-13H,3,6,9-11,14H2,1-2H3/b5-4-,8-7-,13-12+. The molecule has 0 bridgehead atoms. The maximum absolute atomic E-state index is 10.8. The first kappa shape index (κ1) is 15.7. The number of carbonyl (C=O) groups is 1. The second-order valence-electron chi connectivity index (χ2n) is 3.77. The molecule has 0 amide bonds. The minimum atomic E-state index is -0.177. The van der Waals surface area contributed by atoms with Gasteiger partial charge in [-0.25, -0.2) is 0 Å². The highest BCUT2D eigenvalue weighted by Gasteiger charge is 1.92. The minimum absolute atomic E-state index is 0.177. The summed E-state index contributed by atoms with van der Waals surface area (Å²) in [7, 11) is 1.41. The number of hydrogen-bond donors (Lipinski definition) is 0. The van der Waals surface area contributed by atoms with Crippen molar-refractivity contribution in [3.8, 4) is 0 Å². The average molecular weight is 236 g/mol. The van der Waals surface area contributed by atoms with Crippen molar-refractivity contribution in [3.05, 3.63) is 36.5 Å². The van der Waals surface area contributed by atoms with Gasteiger partial charge in [0.15, 0.2) is 0 Å². The van der Waals surface area contributed by atoms with Crippen LogP contribution in [0.1, 0.15) is 45.4 Å². The van der Waals surface area contributed by atoms with Crippen LogP contribution in [0, 0.1) is 0 Å². The van der Waals surface area contributed by atoms with Crippen molar-refractivity contribution >= 4 is 5.97 Å². The number of unbranched alkanes of at least 4 members (excludes halogenated alkanes) is 2. The van der Waals surface area contributed by atoms with E-state index in [0.29, 0.717) is 6.42 Å². The van der Waals surface area contributed by atoms with E-state index in [1.165, 1.54) is 7.11 Å². The van der Waals surface area contributed by atoms with Crippen LogP contribution in [0.2, 0.25) is 0 Å². The van der Waals surface area contributed by atoms with E-state index >= 15 is 0 Å². The highest BCUT2D eigenvalue weighted by molar-refractivity contribution is 5.70. The van der Waals surface area contributed by atoms with Gasteiger partial charge in [0.25, 0.3) is 0 Å². The van der Waals surface area contributed by atoms with Crippen LogP contribution < -0.4 is 0 Å². The summed E-state index contributed by atoms with van der Waals surface area (Å²) in [5.74, 6) is -0.177. The van der Waals surface area contributed by atoms with Crippen LogP contribution >= 0.6 is 0 Å². The summed E-state index contributed by atoms with van der Waals surface area (Å²) in [5, 5.41) is 0. The molecule has 0 aromatic rings. The molecule has 0 saturated carbocycles. The maximum Gasteiger partial charge on any atom is 0.309 e. The van der Waals surface area contributed by atoms with Crippen molar-refractivity contribution in [1.82, 2.24) is 0 Å². The Kier molecular flexibility index (Phi) is 11.8. The fourth-order valence-electron chi connectivity index (χ4n) is 1.29. The van der Waals surface area contributed by atoms with Crippen molar-refractivity contribution in [3.63, 3.8) is 0 Å². The first-order valence-electron chi connectivity index (χ1n) is 6.33. The molecule has 0 spiro atoms. The van der Waals surface area contributed by atoms with E-state index in [-0.39, 0.29) is 5.97 Å². The van der Waals surface area contributed by atoms with E-state index in [1.54, 1.807) is 0 Å². The van der Waals surface area contributed by atoms with Gasteiger partial charge in [-0.1, -0.05) is 43.4 Å². The number of rotatable bonds is 9. The third kappa shape index (κ3) is 12.6. The molecule has 96 valence electrons. The predicted octanol–water partition coefficient (Wildman–Crippen LogP) is 4.19. The summed E-state index contributed by atoms with van der Waals surface area (Å²) in [6.07, 6.45) is 18.5. The van der Waals surface area contributed by atoms with Gasteiger partial charge < -0.3 is 4.74 Å². The number of methoxy groups -OCH3 is 1. The van der Waals surface area contributed by atoms with Crippen molar-refractivity contribution in [2.75, 3.05) is 7.11 Å². The molecular weight excluding hydrogens is 212 g/mol. The number of ether oxygens (including phenoxy) is 1. The number of carbonyl (C=O) groups excluding carboxylic acids is 1. The molecule has 0 rings (SSSR count). The lowest BCUT2D eigenvalue weighted by Crippen LogP contribution is -1.96. The number of hydrogen-bond acceptors (Lipinski definition) is 2. The molecule has 0 unspecified atom stereocenters. The highest BCUT2D eigenvalue weighted by Crippen LogP contribution is 2.00. The third-order valence-corrected chi connectivity index (χ3v) is 2.26. The Morgan fingerprint density at radius 2 is 1.65 bits per heavy atom. The first-order valence-corrected chi connectivity index (χ1v) is 6.33. The zero-order valence-corrected chi connectivity index (χ0v) is 11.0. The molecular formula is C15H24O2. The van der Waals surface area contributed by atoms with Gasteiger partial charge in [-0.15, -0.1) is 0 Å². The van der Waals surface area contributed by atoms with E-state index in [4.69, 9.17) is 0 Å². The van der Waals surface area contributed by atoms with Crippen molar-refractivity contribution in [2.45, 2.75) is 45.4 Å². The number of allylic oxidation sites excluding steroid dienone is 5. The van der Waals surface area contributed by atoms with E-state index in [2.05, 4.69) is 36.0 Å².